The van der Waals surface area contributed by atoms with Gasteiger partial charge in [0.2, 0.25) is 23.6 Å². The quantitative estimate of drug-likeness (QED) is 0.0994. The van der Waals surface area contributed by atoms with E-state index in [1.54, 1.807) is 26.3 Å². The number of likely N-dealkylation sites (N-methyl/N-ethyl adjacent to an activating group) is 1. The Labute approximate surface area is 266 Å². The van der Waals surface area contributed by atoms with Crippen molar-refractivity contribution in [2.75, 3.05) is 26.7 Å². The minimum Gasteiger partial charge on any atom is -0.450 e. The number of carbonyl (C=O) groups is 6. The van der Waals surface area contributed by atoms with Crippen molar-refractivity contribution >= 4 is 35.8 Å². The lowest BCUT2D eigenvalue weighted by Crippen LogP contribution is -2.55. The van der Waals surface area contributed by atoms with Crippen LogP contribution in [0.3, 0.4) is 0 Å². The number of nitrogens with one attached hydrogen (secondary N) is 6. The third-order valence-corrected chi connectivity index (χ3v) is 7.18. The minimum atomic E-state index is -1.02. The van der Waals surface area contributed by atoms with E-state index in [1.165, 1.54) is 7.05 Å². The van der Waals surface area contributed by atoms with Crippen LogP contribution in [-0.4, -0.2) is 85.5 Å². The van der Waals surface area contributed by atoms with Gasteiger partial charge in [-0.25, -0.2) is 15.1 Å². The van der Waals surface area contributed by atoms with Gasteiger partial charge >= 0.3 is 12.2 Å². The molecule has 1 fully saturated rings. The summed E-state index contributed by atoms with van der Waals surface area (Å²) in [7, 11) is 1.46. The van der Waals surface area contributed by atoms with Crippen LogP contribution in [0.4, 0.5) is 9.59 Å². The molecule has 6 amide bonds. The Morgan fingerprint density at radius 3 is 2.38 bits per heavy atom. The van der Waals surface area contributed by atoms with Crippen molar-refractivity contribution in [3.63, 3.8) is 0 Å². The lowest BCUT2D eigenvalue weighted by molar-refractivity contribution is -0.142. The number of hydrogen-bond donors (Lipinski definition) is 7. The van der Waals surface area contributed by atoms with Crippen molar-refractivity contribution in [3.05, 3.63) is 0 Å². The van der Waals surface area contributed by atoms with E-state index in [0.717, 1.165) is 0 Å². The molecular formula is C30H54N6O9. The highest BCUT2D eigenvalue weighted by molar-refractivity contribution is 5.93. The molecule has 0 saturated carbocycles. The van der Waals surface area contributed by atoms with E-state index in [0.29, 0.717) is 45.2 Å². The second kappa shape index (κ2) is 20.4. The van der Waals surface area contributed by atoms with E-state index in [2.05, 4.69) is 26.6 Å². The largest absolute Gasteiger partial charge is 0.450 e. The third-order valence-electron chi connectivity index (χ3n) is 7.18. The Kier molecular flexibility index (Phi) is 17.9. The average molecular weight is 643 g/mol. The van der Waals surface area contributed by atoms with Gasteiger partial charge < -0.3 is 36.1 Å². The van der Waals surface area contributed by atoms with Gasteiger partial charge in [0, 0.05) is 26.1 Å². The van der Waals surface area contributed by atoms with Crippen molar-refractivity contribution in [2.24, 2.45) is 17.8 Å². The summed E-state index contributed by atoms with van der Waals surface area (Å²) in [5, 5.41) is 22.8. The summed E-state index contributed by atoms with van der Waals surface area (Å²) in [6.45, 7) is 9.72. The lowest BCUT2D eigenvalue weighted by Gasteiger charge is -2.29. The summed E-state index contributed by atoms with van der Waals surface area (Å²) in [6, 6.07) is -1.92. The monoisotopic (exact) mass is 642 g/mol. The maximum atomic E-state index is 13.7. The van der Waals surface area contributed by atoms with Gasteiger partial charge in [-0.15, -0.1) is 0 Å². The van der Waals surface area contributed by atoms with E-state index < -0.39 is 65.3 Å². The second-order valence-corrected chi connectivity index (χ2v) is 12.7. The number of rotatable bonds is 11. The summed E-state index contributed by atoms with van der Waals surface area (Å²) >= 11 is 0. The first-order chi connectivity index (χ1) is 21.2. The van der Waals surface area contributed by atoms with Crippen LogP contribution in [0.2, 0.25) is 0 Å². The standard InChI is InChI=1S/C30H54N6O9/c1-19(2)18-21-20(25(38)36-43)12-11-17-44-28(41)32-15-9-8-14-23(34-24(21)37)27(40)35-22(26(39)31-6)13-7-10-16-33-29(42)45-30(3,4)5/h19-23,43H,7-18H2,1-6H3,(H,31,39)(H,32,41)(H,33,42)(H,34,37)(H,35,40)(H,36,38)/t20-,21+,22-,23-/m0/s1. The molecular weight excluding hydrogens is 588 g/mol. The minimum absolute atomic E-state index is 0.00793. The number of amides is 6. The van der Waals surface area contributed by atoms with Crippen LogP contribution >= 0.6 is 0 Å². The maximum absolute atomic E-state index is 13.7. The molecule has 1 heterocycles. The maximum Gasteiger partial charge on any atom is 0.407 e. The topological polar surface area (TPSA) is 213 Å². The van der Waals surface area contributed by atoms with Crippen LogP contribution in [0.1, 0.15) is 92.4 Å². The number of ether oxygens (including phenoxy) is 2. The molecule has 15 heteroatoms. The molecule has 1 saturated heterocycles. The van der Waals surface area contributed by atoms with Crippen molar-refractivity contribution in [1.82, 2.24) is 32.1 Å². The Balaban J connectivity index is 3.07. The van der Waals surface area contributed by atoms with E-state index in [-0.39, 0.29) is 38.2 Å². The Hall–Kier alpha value is -3.62. The SMILES string of the molecule is CNC(=O)[C@H](CCCCNC(=O)OC(C)(C)C)NC(=O)[C@@H]1CCCCNC(=O)OCCC[C@H](C(=O)NO)[C@@H](CC(C)C)C(=O)N1. The summed E-state index contributed by atoms with van der Waals surface area (Å²) in [6.07, 6.45) is 2.07. The van der Waals surface area contributed by atoms with Crippen LogP contribution < -0.4 is 32.1 Å². The van der Waals surface area contributed by atoms with E-state index in [4.69, 9.17) is 9.47 Å². The molecule has 7 N–H and O–H groups in total. The Morgan fingerprint density at radius 2 is 1.76 bits per heavy atom. The van der Waals surface area contributed by atoms with Crippen molar-refractivity contribution in [1.29, 1.82) is 0 Å². The fourth-order valence-corrected chi connectivity index (χ4v) is 4.98. The fourth-order valence-electron chi connectivity index (χ4n) is 4.98. The molecule has 0 radical (unpaired) electrons. The predicted octanol–water partition coefficient (Wildman–Crippen LogP) is 1.87. The number of unbranched alkanes of at least 4 members (excludes halogenated alkanes) is 1. The van der Waals surface area contributed by atoms with Gasteiger partial charge in [0.05, 0.1) is 12.5 Å². The molecule has 4 atom stereocenters. The Bertz CT molecular complexity index is 985. The first kappa shape index (κ1) is 39.4. The van der Waals surface area contributed by atoms with Crippen molar-refractivity contribution < 1.29 is 43.4 Å². The predicted molar refractivity (Wildman–Crippen MR) is 165 cm³/mol. The van der Waals surface area contributed by atoms with Crippen LogP contribution in [-0.2, 0) is 28.7 Å². The highest BCUT2D eigenvalue weighted by Gasteiger charge is 2.36. The lowest BCUT2D eigenvalue weighted by atomic mass is 9.81. The van der Waals surface area contributed by atoms with Gasteiger partial charge in [0.15, 0.2) is 0 Å². The van der Waals surface area contributed by atoms with Crippen molar-refractivity contribution in [2.45, 2.75) is 110 Å². The molecule has 0 aromatic heterocycles. The molecule has 0 unspecified atom stereocenters. The van der Waals surface area contributed by atoms with Crippen LogP contribution in [0, 0.1) is 17.8 Å². The number of hydroxylamine groups is 1. The smallest absolute Gasteiger partial charge is 0.407 e. The summed E-state index contributed by atoms with van der Waals surface area (Å²) in [4.78, 5) is 76.4. The zero-order chi connectivity index (χ0) is 34.0. The van der Waals surface area contributed by atoms with Crippen LogP contribution in [0.5, 0.6) is 0 Å². The molecule has 15 nitrogen and oxygen atoms in total. The van der Waals surface area contributed by atoms with Gasteiger partial charge in [-0.1, -0.05) is 13.8 Å². The summed E-state index contributed by atoms with van der Waals surface area (Å²) in [5.74, 6) is -4.05. The highest BCUT2D eigenvalue weighted by Crippen LogP contribution is 2.26. The average Bonchev–Trinajstić information content (AvgIpc) is 2.96. The van der Waals surface area contributed by atoms with E-state index >= 15 is 0 Å². The molecule has 258 valence electrons. The van der Waals surface area contributed by atoms with E-state index in [1.807, 2.05) is 13.8 Å². The number of cyclic esters (lactones) is 1. The number of carbonyl (C=O) groups excluding carboxylic acids is 6. The first-order valence-corrected chi connectivity index (χ1v) is 15.8. The molecule has 0 aliphatic carbocycles. The zero-order valence-corrected chi connectivity index (χ0v) is 27.6. The third kappa shape index (κ3) is 16.3. The first-order valence-electron chi connectivity index (χ1n) is 15.8. The van der Waals surface area contributed by atoms with Gasteiger partial charge in [-0.3, -0.25) is 24.4 Å². The molecule has 1 aliphatic rings. The molecule has 0 bridgehead atoms. The summed E-state index contributed by atoms with van der Waals surface area (Å²) < 4.78 is 10.4. The van der Waals surface area contributed by atoms with Gasteiger partial charge in [0.1, 0.15) is 17.7 Å². The van der Waals surface area contributed by atoms with Crippen LogP contribution in [0.15, 0.2) is 0 Å². The molecule has 1 rings (SSSR count). The van der Waals surface area contributed by atoms with Gasteiger partial charge in [0.25, 0.3) is 0 Å². The summed E-state index contributed by atoms with van der Waals surface area (Å²) in [5.41, 5.74) is 1.02. The number of alkyl carbamates (subject to hydrolysis) is 2. The molecule has 0 aromatic carbocycles. The highest BCUT2D eigenvalue weighted by atomic mass is 16.6. The van der Waals surface area contributed by atoms with Gasteiger partial charge in [-0.05, 0) is 84.5 Å². The zero-order valence-electron chi connectivity index (χ0n) is 27.6. The molecule has 1 aliphatic heterocycles. The second-order valence-electron chi connectivity index (χ2n) is 12.7. The molecule has 0 spiro atoms. The fraction of sp³-hybridized carbons (Fsp3) is 0.800. The Morgan fingerprint density at radius 1 is 1.04 bits per heavy atom. The number of hydrogen-bond acceptors (Lipinski definition) is 9. The van der Waals surface area contributed by atoms with Gasteiger partial charge in [-0.2, -0.15) is 0 Å². The molecule has 0 aromatic rings. The normalized spacial score (nSPS) is 21.0. The van der Waals surface area contributed by atoms with Crippen LogP contribution in [0.25, 0.3) is 0 Å². The van der Waals surface area contributed by atoms with Crippen molar-refractivity contribution in [3.8, 4) is 0 Å². The van der Waals surface area contributed by atoms with E-state index in [9.17, 15) is 34.0 Å². The molecule has 45 heavy (non-hydrogen) atoms.